The predicted octanol–water partition coefficient (Wildman–Crippen LogP) is 0.0838. The Morgan fingerprint density at radius 2 is 2.00 bits per heavy atom. The lowest BCUT2D eigenvalue weighted by molar-refractivity contribution is -0.137. The van der Waals surface area contributed by atoms with Gasteiger partial charge >= 0.3 is 0 Å². The first kappa shape index (κ1) is 15.2. The highest BCUT2D eigenvalue weighted by atomic mass is 35.5. The molecule has 0 aromatic rings. The highest BCUT2D eigenvalue weighted by Gasteiger charge is 2.35. The number of amides is 2. The maximum absolute atomic E-state index is 12.2. The summed E-state index contributed by atoms with van der Waals surface area (Å²) in [6, 6.07) is 0. The number of halogens is 1. The molecule has 0 aromatic carbocycles. The number of piperidine rings is 1. The summed E-state index contributed by atoms with van der Waals surface area (Å²) in [5, 5.41) is 0. The van der Waals surface area contributed by atoms with E-state index >= 15 is 0 Å². The molecule has 2 aliphatic heterocycles. The lowest BCUT2D eigenvalue weighted by Gasteiger charge is -2.32. The third-order valence-electron chi connectivity index (χ3n) is 3.95. The molecule has 104 valence electrons. The first-order valence-corrected chi connectivity index (χ1v) is 6.34. The summed E-state index contributed by atoms with van der Waals surface area (Å²) in [5.74, 6) is 0.673. The molecule has 2 fully saturated rings. The Kier molecular flexibility index (Phi) is 5.41. The van der Waals surface area contributed by atoms with Crippen molar-refractivity contribution < 1.29 is 9.59 Å². The molecule has 0 saturated carbocycles. The van der Waals surface area contributed by atoms with Crippen LogP contribution in [-0.4, -0.2) is 54.8 Å². The van der Waals surface area contributed by atoms with E-state index in [9.17, 15) is 9.59 Å². The zero-order valence-electron chi connectivity index (χ0n) is 10.8. The van der Waals surface area contributed by atoms with Crippen molar-refractivity contribution in [3.05, 3.63) is 0 Å². The van der Waals surface area contributed by atoms with E-state index in [2.05, 4.69) is 0 Å². The van der Waals surface area contributed by atoms with Crippen LogP contribution < -0.4 is 5.73 Å². The fourth-order valence-corrected chi connectivity index (χ4v) is 2.68. The molecule has 0 radical (unpaired) electrons. The van der Waals surface area contributed by atoms with Crippen molar-refractivity contribution in [2.45, 2.75) is 19.3 Å². The lowest BCUT2D eigenvalue weighted by atomic mass is 9.95. The molecule has 2 saturated heterocycles. The summed E-state index contributed by atoms with van der Waals surface area (Å²) >= 11 is 0. The van der Waals surface area contributed by atoms with Crippen LogP contribution in [0.3, 0.4) is 0 Å². The topological polar surface area (TPSA) is 66.6 Å². The van der Waals surface area contributed by atoms with E-state index in [1.807, 2.05) is 4.90 Å². The van der Waals surface area contributed by atoms with Crippen molar-refractivity contribution in [1.82, 2.24) is 9.80 Å². The largest absolute Gasteiger partial charge is 0.345 e. The molecule has 2 heterocycles. The Hall–Kier alpha value is -0.810. The molecular weight excluding hydrogens is 254 g/mol. The summed E-state index contributed by atoms with van der Waals surface area (Å²) in [6.45, 7) is 2.89. The van der Waals surface area contributed by atoms with Crippen LogP contribution in [-0.2, 0) is 9.59 Å². The number of hydrogen-bond acceptors (Lipinski definition) is 3. The summed E-state index contributed by atoms with van der Waals surface area (Å²) < 4.78 is 0. The number of nitrogens with zero attached hydrogens (tertiary/aromatic N) is 2. The average Bonchev–Trinajstić information content (AvgIpc) is 2.69. The molecule has 5 nitrogen and oxygen atoms in total. The van der Waals surface area contributed by atoms with Crippen LogP contribution >= 0.6 is 12.4 Å². The molecule has 2 aliphatic rings. The van der Waals surface area contributed by atoms with E-state index in [0.29, 0.717) is 25.4 Å². The van der Waals surface area contributed by atoms with Gasteiger partial charge in [-0.25, -0.2) is 0 Å². The second kappa shape index (κ2) is 6.38. The van der Waals surface area contributed by atoms with Gasteiger partial charge < -0.3 is 15.5 Å². The first-order valence-electron chi connectivity index (χ1n) is 6.34. The summed E-state index contributed by atoms with van der Waals surface area (Å²) in [4.78, 5) is 27.2. The van der Waals surface area contributed by atoms with Crippen LogP contribution in [0.4, 0.5) is 0 Å². The zero-order chi connectivity index (χ0) is 12.4. The SMILES string of the molecule is CN1CC(C(=O)N2CCC(CN)CC2)CC1=O.Cl. The van der Waals surface area contributed by atoms with E-state index in [1.54, 1.807) is 11.9 Å². The van der Waals surface area contributed by atoms with Gasteiger partial charge in [0.15, 0.2) is 0 Å². The molecule has 0 aliphatic carbocycles. The van der Waals surface area contributed by atoms with E-state index in [4.69, 9.17) is 5.73 Å². The molecule has 6 heteroatoms. The van der Waals surface area contributed by atoms with Gasteiger partial charge in [0.05, 0.1) is 5.92 Å². The number of nitrogens with two attached hydrogens (primary N) is 1. The summed E-state index contributed by atoms with van der Waals surface area (Å²) in [6.07, 6.45) is 2.38. The first-order chi connectivity index (χ1) is 8.11. The maximum atomic E-state index is 12.2. The average molecular weight is 276 g/mol. The third-order valence-corrected chi connectivity index (χ3v) is 3.95. The Morgan fingerprint density at radius 1 is 1.39 bits per heavy atom. The van der Waals surface area contributed by atoms with Gasteiger partial charge in [-0.1, -0.05) is 0 Å². The number of hydrogen-bond donors (Lipinski definition) is 1. The Morgan fingerprint density at radius 3 is 2.44 bits per heavy atom. The van der Waals surface area contributed by atoms with Crippen LogP contribution in [0.5, 0.6) is 0 Å². The van der Waals surface area contributed by atoms with Gasteiger partial charge in [0.1, 0.15) is 0 Å². The van der Waals surface area contributed by atoms with E-state index in [-0.39, 0.29) is 30.1 Å². The smallest absolute Gasteiger partial charge is 0.227 e. The quantitative estimate of drug-likeness (QED) is 0.776. The third kappa shape index (κ3) is 3.14. The van der Waals surface area contributed by atoms with Crippen LogP contribution in [0.2, 0.25) is 0 Å². The number of likely N-dealkylation sites (tertiary alicyclic amines) is 2. The van der Waals surface area contributed by atoms with Crippen molar-refractivity contribution >= 4 is 24.2 Å². The Labute approximate surface area is 114 Å². The van der Waals surface area contributed by atoms with E-state index in [1.165, 1.54) is 0 Å². The molecule has 0 aromatic heterocycles. The van der Waals surface area contributed by atoms with Gasteiger partial charge in [-0.15, -0.1) is 12.4 Å². The van der Waals surface area contributed by atoms with Crippen molar-refractivity contribution in [1.29, 1.82) is 0 Å². The minimum absolute atomic E-state index is 0. The lowest BCUT2D eigenvalue weighted by Crippen LogP contribution is -2.43. The van der Waals surface area contributed by atoms with Gasteiger partial charge in [0.2, 0.25) is 11.8 Å². The molecule has 2 N–H and O–H groups in total. The van der Waals surface area contributed by atoms with Crippen molar-refractivity contribution in [3.63, 3.8) is 0 Å². The van der Waals surface area contributed by atoms with Gasteiger partial charge in [0, 0.05) is 33.1 Å². The highest BCUT2D eigenvalue weighted by molar-refractivity contribution is 5.89. The van der Waals surface area contributed by atoms with Crippen molar-refractivity contribution in [3.8, 4) is 0 Å². The van der Waals surface area contributed by atoms with Gasteiger partial charge in [-0.3, -0.25) is 9.59 Å². The van der Waals surface area contributed by atoms with Crippen molar-refractivity contribution in [2.24, 2.45) is 17.6 Å². The fourth-order valence-electron chi connectivity index (χ4n) is 2.68. The minimum Gasteiger partial charge on any atom is -0.345 e. The van der Waals surface area contributed by atoms with Gasteiger partial charge in [-0.05, 0) is 25.3 Å². The Bertz CT molecular complexity index is 316. The second-order valence-electron chi connectivity index (χ2n) is 5.18. The maximum Gasteiger partial charge on any atom is 0.227 e. The van der Waals surface area contributed by atoms with Crippen LogP contribution in [0.1, 0.15) is 19.3 Å². The van der Waals surface area contributed by atoms with Crippen LogP contribution in [0, 0.1) is 11.8 Å². The summed E-state index contributed by atoms with van der Waals surface area (Å²) in [7, 11) is 1.76. The zero-order valence-corrected chi connectivity index (χ0v) is 11.6. The predicted molar refractivity (Wildman–Crippen MR) is 71.4 cm³/mol. The Balaban J connectivity index is 0.00000162. The van der Waals surface area contributed by atoms with Crippen LogP contribution in [0.15, 0.2) is 0 Å². The standard InChI is InChI=1S/C12H21N3O2.ClH/c1-14-8-10(6-11(14)16)12(17)15-4-2-9(7-13)3-5-15;/h9-10H,2-8,13H2,1H3;1H. The molecule has 0 bridgehead atoms. The molecule has 18 heavy (non-hydrogen) atoms. The second-order valence-corrected chi connectivity index (χ2v) is 5.18. The normalized spacial score (nSPS) is 25.2. The number of rotatable bonds is 2. The summed E-state index contributed by atoms with van der Waals surface area (Å²) in [5.41, 5.74) is 5.63. The van der Waals surface area contributed by atoms with Crippen LogP contribution in [0.25, 0.3) is 0 Å². The van der Waals surface area contributed by atoms with E-state index < -0.39 is 0 Å². The molecule has 2 amide bonds. The van der Waals surface area contributed by atoms with Crippen molar-refractivity contribution in [2.75, 3.05) is 33.2 Å². The fraction of sp³-hybridized carbons (Fsp3) is 0.833. The monoisotopic (exact) mass is 275 g/mol. The number of carbonyl (C=O) groups excluding carboxylic acids is 2. The molecule has 1 atom stereocenters. The van der Waals surface area contributed by atoms with Gasteiger partial charge in [0.25, 0.3) is 0 Å². The highest BCUT2D eigenvalue weighted by Crippen LogP contribution is 2.22. The minimum atomic E-state index is -0.123. The molecular formula is C12H22ClN3O2. The molecule has 2 rings (SSSR count). The van der Waals surface area contributed by atoms with E-state index in [0.717, 1.165) is 25.9 Å². The number of carbonyl (C=O) groups is 2. The molecule has 1 unspecified atom stereocenters. The van der Waals surface area contributed by atoms with Gasteiger partial charge in [-0.2, -0.15) is 0 Å². The molecule has 0 spiro atoms.